The number of nitrogens with zero attached hydrogens (tertiary/aromatic N) is 2. The van der Waals surface area contributed by atoms with E-state index in [2.05, 4.69) is 15.4 Å². The van der Waals surface area contributed by atoms with Crippen LogP contribution in [0.25, 0.3) is 0 Å². The lowest BCUT2D eigenvalue weighted by Gasteiger charge is -2.34. The minimum absolute atomic E-state index is 0.0271. The number of unbranched alkanes of at least 4 members (excludes halogenated alkanes) is 1. The Morgan fingerprint density at radius 2 is 1.64 bits per heavy atom. The van der Waals surface area contributed by atoms with Gasteiger partial charge >= 0.3 is 0 Å². The number of rotatable bonds is 17. The van der Waals surface area contributed by atoms with Crippen molar-refractivity contribution in [3.8, 4) is 0 Å². The lowest BCUT2D eigenvalue weighted by Crippen LogP contribution is -2.59. The van der Waals surface area contributed by atoms with Crippen LogP contribution in [-0.2, 0) is 26.2 Å². The molecule has 0 spiro atoms. The Hall–Kier alpha value is -2.05. The zero-order valence-corrected chi connectivity index (χ0v) is 25.8. The zero-order chi connectivity index (χ0) is 29.8. The van der Waals surface area contributed by atoms with Crippen molar-refractivity contribution in [1.82, 2.24) is 24.6 Å². The first-order valence-corrected chi connectivity index (χ1v) is 15.2. The molecule has 4 N–H and O–H groups in total. The number of aliphatic hydroxyl groups excluding tert-OH is 1. The highest BCUT2D eigenvalue weighted by molar-refractivity contribution is 7.87. The van der Waals surface area contributed by atoms with Crippen LogP contribution in [0.5, 0.6) is 0 Å². The molecular formula is C28H51N5O5S. The van der Waals surface area contributed by atoms with E-state index in [0.29, 0.717) is 13.0 Å². The highest BCUT2D eigenvalue weighted by Gasteiger charge is 2.36. The third kappa shape index (κ3) is 13.2. The van der Waals surface area contributed by atoms with Crippen LogP contribution in [0.3, 0.4) is 0 Å². The third-order valence-electron chi connectivity index (χ3n) is 6.10. The number of benzene rings is 1. The van der Waals surface area contributed by atoms with Gasteiger partial charge in [0.05, 0.1) is 18.7 Å². The number of hydrogen-bond acceptors (Lipinski definition) is 6. The van der Waals surface area contributed by atoms with E-state index in [0.717, 1.165) is 12.0 Å². The topological polar surface area (TPSA) is 131 Å². The van der Waals surface area contributed by atoms with Crippen LogP contribution in [0.15, 0.2) is 30.3 Å². The standard InChI is InChI=1S/C28H51N5O5S/c1-9-10-16-29-39(37,38)33(18-21(2)3)19-24(34)23(17-22-14-12-11-13-15-22)30-27(36)26(28(4,5)6)31-25(35)20-32(7)8/h11-15,21,23-24,26,29,34H,9-10,16-20H2,1-8H3,(H,30,36)(H,31,35)/t23?,24-,26-/m1/s1. The Kier molecular flexibility index (Phi) is 14.6. The van der Waals surface area contributed by atoms with E-state index in [1.54, 1.807) is 19.0 Å². The smallest absolute Gasteiger partial charge is 0.279 e. The van der Waals surface area contributed by atoms with Crippen LogP contribution in [0, 0.1) is 11.3 Å². The van der Waals surface area contributed by atoms with E-state index in [1.165, 1.54) is 4.31 Å². The van der Waals surface area contributed by atoms with E-state index in [4.69, 9.17) is 0 Å². The molecule has 0 saturated heterocycles. The Balaban J connectivity index is 3.25. The molecule has 11 heteroatoms. The maximum Gasteiger partial charge on any atom is 0.279 e. The summed E-state index contributed by atoms with van der Waals surface area (Å²) in [5, 5.41) is 17.1. The first kappa shape index (κ1) is 35.0. The molecule has 10 nitrogen and oxygen atoms in total. The summed E-state index contributed by atoms with van der Waals surface area (Å²) in [5.41, 5.74) is 0.273. The van der Waals surface area contributed by atoms with Gasteiger partial charge in [-0.05, 0) is 43.8 Å². The summed E-state index contributed by atoms with van der Waals surface area (Å²) in [6.07, 6.45) is 0.640. The van der Waals surface area contributed by atoms with Crippen LogP contribution in [0.4, 0.5) is 0 Å². The third-order valence-corrected chi connectivity index (χ3v) is 7.65. The van der Waals surface area contributed by atoms with Gasteiger partial charge in [0.15, 0.2) is 0 Å². The van der Waals surface area contributed by atoms with E-state index >= 15 is 0 Å². The van der Waals surface area contributed by atoms with Gasteiger partial charge in [-0.15, -0.1) is 0 Å². The Labute approximate surface area is 236 Å². The molecule has 0 fully saturated rings. The molecule has 0 aliphatic rings. The molecule has 2 amide bonds. The van der Waals surface area contributed by atoms with Crippen LogP contribution < -0.4 is 15.4 Å². The van der Waals surface area contributed by atoms with Gasteiger partial charge in [0.25, 0.3) is 10.2 Å². The fraction of sp³-hybridized carbons (Fsp3) is 0.714. The number of nitrogens with one attached hydrogen (secondary N) is 3. The van der Waals surface area contributed by atoms with Gasteiger partial charge in [0, 0.05) is 19.6 Å². The van der Waals surface area contributed by atoms with Crippen molar-refractivity contribution in [2.75, 3.05) is 40.3 Å². The average Bonchev–Trinajstić information content (AvgIpc) is 2.81. The summed E-state index contributed by atoms with van der Waals surface area (Å²) in [6, 6.07) is 7.74. The number of hydrogen-bond donors (Lipinski definition) is 4. The largest absolute Gasteiger partial charge is 0.390 e. The number of carbonyl (C=O) groups is 2. The number of aliphatic hydroxyl groups is 1. The molecule has 1 unspecified atom stereocenters. The molecule has 0 heterocycles. The Morgan fingerprint density at radius 3 is 2.15 bits per heavy atom. The van der Waals surface area contributed by atoms with Gasteiger partial charge in [-0.2, -0.15) is 12.7 Å². The van der Waals surface area contributed by atoms with Gasteiger partial charge in [-0.25, -0.2) is 4.72 Å². The Morgan fingerprint density at radius 1 is 1.03 bits per heavy atom. The lowest BCUT2D eigenvalue weighted by molar-refractivity contribution is -0.132. The molecular weight excluding hydrogens is 518 g/mol. The van der Waals surface area contributed by atoms with Gasteiger partial charge in [0.1, 0.15) is 6.04 Å². The molecule has 3 atom stereocenters. The first-order valence-electron chi connectivity index (χ1n) is 13.8. The molecule has 224 valence electrons. The summed E-state index contributed by atoms with van der Waals surface area (Å²) in [4.78, 5) is 27.8. The van der Waals surface area contributed by atoms with E-state index < -0.39 is 39.7 Å². The number of likely N-dealkylation sites (N-methyl/N-ethyl adjacent to an activating group) is 1. The van der Waals surface area contributed by atoms with Crippen molar-refractivity contribution < 1.29 is 23.1 Å². The van der Waals surface area contributed by atoms with Crippen molar-refractivity contribution in [2.24, 2.45) is 11.3 Å². The molecule has 0 bridgehead atoms. The summed E-state index contributed by atoms with van der Waals surface area (Å²) in [7, 11) is -0.298. The highest BCUT2D eigenvalue weighted by Crippen LogP contribution is 2.20. The molecule has 0 radical (unpaired) electrons. The van der Waals surface area contributed by atoms with Crippen molar-refractivity contribution in [1.29, 1.82) is 0 Å². The van der Waals surface area contributed by atoms with Crippen molar-refractivity contribution in [3.63, 3.8) is 0 Å². The molecule has 0 aliphatic carbocycles. The second-order valence-corrected chi connectivity index (χ2v) is 13.7. The maximum absolute atomic E-state index is 13.6. The molecule has 0 saturated carbocycles. The fourth-order valence-corrected chi connectivity index (χ4v) is 5.50. The minimum Gasteiger partial charge on any atom is -0.390 e. The van der Waals surface area contributed by atoms with Gasteiger partial charge in [-0.1, -0.05) is 78.3 Å². The predicted octanol–water partition coefficient (Wildman–Crippen LogP) is 1.76. The van der Waals surface area contributed by atoms with E-state index in [-0.39, 0.29) is 37.9 Å². The zero-order valence-electron chi connectivity index (χ0n) is 25.0. The fourth-order valence-electron chi connectivity index (χ4n) is 4.07. The minimum atomic E-state index is -3.84. The van der Waals surface area contributed by atoms with Crippen LogP contribution in [-0.4, -0.2) is 93.0 Å². The van der Waals surface area contributed by atoms with Crippen molar-refractivity contribution in [3.05, 3.63) is 35.9 Å². The van der Waals surface area contributed by atoms with Crippen molar-refractivity contribution in [2.45, 2.75) is 79.0 Å². The van der Waals surface area contributed by atoms with Crippen LogP contribution >= 0.6 is 0 Å². The van der Waals surface area contributed by atoms with Gasteiger partial charge in [0.2, 0.25) is 11.8 Å². The average molecular weight is 570 g/mol. The SMILES string of the molecule is CCCCNS(=O)(=O)N(CC(C)C)C[C@@H](O)C(Cc1ccccc1)NC(=O)[C@@H](NC(=O)CN(C)C)C(C)(C)C. The van der Waals surface area contributed by atoms with E-state index in [1.807, 2.05) is 71.9 Å². The van der Waals surface area contributed by atoms with Crippen LogP contribution in [0.2, 0.25) is 0 Å². The summed E-state index contributed by atoms with van der Waals surface area (Å²) in [5.74, 6) is -0.698. The van der Waals surface area contributed by atoms with Gasteiger partial charge < -0.3 is 20.6 Å². The van der Waals surface area contributed by atoms with Crippen LogP contribution in [0.1, 0.15) is 59.9 Å². The first-order chi connectivity index (χ1) is 18.1. The molecule has 39 heavy (non-hydrogen) atoms. The summed E-state index contributed by atoms with van der Waals surface area (Å²) >= 11 is 0. The second kappa shape index (κ2) is 16.3. The molecule has 1 rings (SSSR count). The monoisotopic (exact) mass is 569 g/mol. The van der Waals surface area contributed by atoms with E-state index in [9.17, 15) is 23.1 Å². The summed E-state index contributed by atoms with van der Waals surface area (Å²) < 4.78 is 30.1. The normalized spacial score (nSPS) is 14.9. The van der Waals surface area contributed by atoms with Gasteiger partial charge in [-0.3, -0.25) is 9.59 Å². The lowest BCUT2D eigenvalue weighted by atomic mass is 9.85. The molecule has 0 aromatic heterocycles. The second-order valence-electron chi connectivity index (χ2n) is 11.9. The molecule has 1 aromatic rings. The predicted molar refractivity (Wildman–Crippen MR) is 156 cm³/mol. The quantitative estimate of drug-likeness (QED) is 0.212. The molecule has 0 aliphatic heterocycles. The number of carbonyl (C=O) groups excluding carboxylic acids is 2. The Bertz CT molecular complexity index is 980. The maximum atomic E-state index is 13.6. The summed E-state index contributed by atoms with van der Waals surface area (Å²) in [6.45, 7) is 11.8. The highest BCUT2D eigenvalue weighted by atomic mass is 32.2. The van der Waals surface area contributed by atoms with Crippen molar-refractivity contribution >= 4 is 22.0 Å². The number of amides is 2. The molecule has 1 aromatic carbocycles.